The Balaban J connectivity index is 2.98. The van der Waals surface area contributed by atoms with Gasteiger partial charge in [-0.3, -0.25) is 4.79 Å². The van der Waals surface area contributed by atoms with Crippen molar-refractivity contribution in [2.24, 2.45) is 0 Å². The molecule has 0 fully saturated rings. The summed E-state index contributed by atoms with van der Waals surface area (Å²) in [5, 5.41) is 16.9. The number of carboxylic acid groups (broad SMARTS) is 1. The Morgan fingerprint density at radius 2 is 2.30 bits per heavy atom. The molecule has 1 atom stereocenters. The minimum atomic E-state index is -0.884. The lowest BCUT2D eigenvalue weighted by Gasteiger charge is -2.00. The number of aliphatic hydroxyl groups is 1. The molecule has 10 heavy (non-hydrogen) atoms. The van der Waals surface area contributed by atoms with Crippen LogP contribution in [0.2, 0.25) is 0 Å². The SMILES string of the molecule is CC(O)CCC[CH]C(=O)O. The third kappa shape index (κ3) is 7.43. The first-order chi connectivity index (χ1) is 4.63. The molecule has 0 aromatic carbocycles. The molecule has 0 saturated carbocycles. The van der Waals surface area contributed by atoms with Crippen LogP contribution in [0.5, 0.6) is 0 Å². The number of aliphatic carboxylic acids is 1. The molecule has 1 radical (unpaired) electrons. The quantitative estimate of drug-likeness (QED) is 0.563. The normalized spacial score (nSPS) is 13.0. The molecule has 0 rings (SSSR count). The van der Waals surface area contributed by atoms with Crippen LogP contribution in [-0.2, 0) is 4.79 Å². The van der Waals surface area contributed by atoms with E-state index in [9.17, 15) is 4.79 Å². The highest BCUT2D eigenvalue weighted by Gasteiger charge is 1.98. The van der Waals surface area contributed by atoms with Crippen molar-refractivity contribution < 1.29 is 15.0 Å². The molecule has 59 valence electrons. The van der Waals surface area contributed by atoms with Gasteiger partial charge in [0.2, 0.25) is 0 Å². The third-order valence-electron chi connectivity index (χ3n) is 1.14. The van der Waals surface area contributed by atoms with Crippen LogP contribution < -0.4 is 0 Å². The fraction of sp³-hybridized carbons (Fsp3) is 0.714. The zero-order chi connectivity index (χ0) is 7.98. The van der Waals surface area contributed by atoms with E-state index in [2.05, 4.69) is 0 Å². The highest BCUT2D eigenvalue weighted by molar-refractivity contribution is 5.76. The van der Waals surface area contributed by atoms with Gasteiger partial charge in [-0.2, -0.15) is 0 Å². The van der Waals surface area contributed by atoms with E-state index in [4.69, 9.17) is 10.2 Å². The number of aliphatic hydroxyl groups excluding tert-OH is 1. The molecule has 0 aliphatic carbocycles. The van der Waals surface area contributed by atoms with Gasteiger partial charge in [0.1, 0.15) is 0 Å². The molecule has 0 spiro atoms. The van der Waals surface area contributed by atoms with Crippen LogP contribution in [0, 0.1) is 6.42 Å². The van der Waals surface area contributed by atoms with Gasteiger partial charge in [-0.15, -0.1) is 0 Å². The number of hydrogen-bond acceptors (Lipinski definition) is 2. The van der Waals surface area contributed by atoms with Crippen LogP contribution in [0.4, 0.5) is 0 Å². The Morgan fingerprint density at radius 3 is 2.70 bits per heavy atom. The van der Waals surface area contributed by atoms with Crippen LogP contribution >= 0.6 is 0 Å². The van der Waals surface area contributed by atoms with Crippen LogP contribution in [0.25, 0.3) is 0 Å². The standard InChI is InChI=1S/C7H13O3/c1-6(8)4-2-3-5-7(9)10/h5-6,8H,2-4H2,1H3,(H,9,10). The fourth-order valence-corrected chi connectivity index (χ4v) is 0.639. The summed E-state index contributed by atoms with van der Waals surface area (Å²) in [4.78, 5) is 9.93. The maximum absolute atomic E-state index is 9.93. The van der Waals surface area contributed by atoms with Crippen LogP contribution in [0.15, 0.2) is 0 Å². The second-order valence-electron chi connectivity index (χ2n) is 2.32. The summed E-state index contributed by atoms with van der Waals surface area (Å²) in [6.45, 7) is 1.70. The minimum Gasteiger partial charge on any atom is -0.481 e. The van der Waals surface area contributed by atoms with Crippen LogP contribution in [0.3, 0.4) is 0 Å². The number of hydrogen-bond donors (Lipinski definition) is 2. The third-order valence-corrected chi connectivity index (χ3v) is 1.14. The van der Waals surface area contributed by atoms with Gasteiger partial charge in [-0.25, -0.2) is 0 Å². The summed E-state index contributed by atoms with van der Waals surface area (Å²) >= 11 is 0. The van der Waals surface area contributed by atoms with Crippen molar-refractivity contribution in [3.05, 3.63) is 6.42 Å². The van der Waals surface area contributed by atoms with E-state index in [0.29, 0.717) is 12.8 Å². The highest BCUT2D eigenvalue weighted by Crippen LogP contribution is 2.01. The Bertz CT molecular complexity index is 99.0. The molecule has 0 aliphatic heterocycles. The molecule has 0 aromatic rings. The van der Waals surface area contributed by atoms with Crippen molar-refractivity contribution in [1.82, 2.24) is 0 Å². The average Bonchev–Trinajstić information content (AvgIpc) is 1.79. The van der Waals surface area contributed by atoms with E-state index in [1.807, 2.05) is 0 Å². The van der Waals surface area contributed by atoms with Crippen molar-refractivity contribution in [2.45, 2.75) is 32.3 Å². The van der Waals surface area contributed by atoms with Gasteiger partial charge >= 0.3 is 5.97 Å². The Morgan fingerprint density at radius 1 is 1.70 bits per heavy atom. The summed E-state index contributed by atoms with van der Waals surface area (Å²) in [5.74, 6) is -0.884. The number of rotatable bonds is 5. The van der Waals surface area contributed by atoms with Crippen molar-refractivity contribution in [1.29, 1.82) is 0 Å². The predicted molar refractivity (Wildman–Crippen MR) is 37.5 cm³/mol. The molecule has 1 unspecified atom stereocenters. The molecule has 3 nitrogen and oxygen atoms in total. The second kappa shape index (κ2) is 5.23. The first-order valence-corrected chi connectivity index (χ1v) is 3.37. The van der Waals surface area contributed by atoms with Crippen LogP contribution in [-0.4, -0.2) is 22.3 Å². The molecule has 0 bridgehead atoms. The molecular weight excluding hydrogens is 132 g/mol. The largest absolute Gasteiger partial charge is 0.481 e. The molecule has 0 aliphatic rings. The zero-order valence-electron chi connectivity index (χ0n) is 6.08. The van der Waals surface area contributed by atoms with E-state index in [1.165, 1.54) is 6.42 Å². The molecular formula is C7H13O3. The van der Waals surface area contributed by atoms with Crippen molar-refractivity contribution in [3.63, 3.8) is 0 Å². The summed E-state index contributed by atoms with van der Waals surface area (Å²) in [7, 11) is 0. The van der Waals surface area contributed by atoms with E-state index in [1.54, 1.807) is 6.92 Å². The van der Waals surface area contributed by atoms with Gasteiger partial charge in [-0.05, 0) is 19.8 Å². The van der Waals surface area contributed by atoms with Gasteiger partial charge in [0, 0.05) is 0 Å². The van der Waals surface area contributed by atoms with E-state index >= 15 is 0 Å². The maximum atomic E-state index is 9.93. The summed E-state index contributed by atoms with van der Waals surface area (Å²) in [5.41, 5.74) is 0. The van der Waals surface area contributed by atoms with Crippen molar-refractivity contribution in [3.8, 4) is 0 Å². The summed E-state index contributed by atoms with van der Waals surface area (Å²) < 4.78 is 0. The lowest BCUT2D eigenvalue weighted by atomic mass is 10.1. The molecule has 3 heteroatoms. The maximum Gasteiger partial charge on any atom is 0.307 e. The highest BCUT2D eigenvalue weighted by atomic mass is 16.4. The van der Waals surface area contributed by atoms with E-state index < -0.39 is 5.97 Å². The smallest absolute Gasteiger partial charge is 0.307 e. The Kier molecular flexibility index (Phi) is 4.94. The topological polar surface area (TPSA) is 57.5 Å². The minimum absolute atomic E-state index is 0.317. The fourth-order valence-electron chi connectivity index (χ4n) is 0.639. The van der Waals surface area contributed by atoms with Gasteiger partial charge in [0.15, 0.2) is 0 Å². The van der Waals surface area contributed by atoms with Crippen LogP contribution in [0.1, 0.15) is 26.2 Å². The summed E-state index contributed by atoms with van der Waals surface area (Å²) in [6.07, 6.45) is 2.85. The Labute approximate surface area is 60.7 Å². The zero-order valence-corrected chi connectivity index (χ0v) is 6.08. The second-order valence-corrected chi connectivity index (χ2v) is 2.32. The number of carbonyl (C=O) groups is 1. The first-order valence-electron chi connectivity index (χ1n) is 3.37. The van der Waals surface area contributed by atoms with Gasteiger partial charge in [0.25, 0.3) is 0 Å². The first kappa shape index (κ1) is 9.43. The number of carboxylic acids is 1. The van der Waals surface area contributed by atoms with E-state index in [0.717, 1.165) is 6.42 Å². The molecule has 0 heterocycles. The monoisotopic (exact) mass is 145 g/mol. The number of unbranched alkanes of at least 4 members (excludes halogenated alkanes) is 1. The molecule has 0 saturated heterocycles. The lowest BCUT2D eigenvalue weighted by Crippen LogP contribution is -2.00. The van der Waals surface area contributed by atoms with Crippen molar-refractivity contribution in [2.75, 3.05) is 0 Å². The lowest BCUT2D eigenvalue weighted by molar-refractivity contribution is -0.133. The van der Waals surface area contributed by atoms with Gasteiger partial charge in [0.05, 0.1) is 12.5 Å². The average molecular weight is 145 g/mol. The summed E-state index contributed by atoms with van der Waals surface area (Å²) in [6, 6.07) is 0. The molecule has 0 amide bonds. The van der Waals surface area contributed by atoms with E-state index in [-0.39, 0.29) is 6.10 Å². The van der Waals surface area contributed by atoms with Gasteiger partial charge < -0.3 is 10.2 Å². The molecule has 0 aromatic heterocycles. The van der Waals surface area contributed by atoms with Gasteiger partial charge in [-0.1, -0.05) is 6.42 Å². The Hall–Kier alpha value is -0.570. The molecule has 2 N–H and O–H groups in total. The van der Waals surface area contributed by atoms with Crippen molar-refractivity contribution >= 4 is 5.97 Å². The predicted octanol–water partition coefficient (Wildman–Crippen LogP) is 0.826.